The molecule has 0 aromatic heterocycles. The zero-order chi connectivity index (χ0) is 14.9. The van der Waals surface area contributed by atoms with Crippen molar-refractivity contribution >= 4 is 10.8 Å². The first-order chi connectivity index (χ1) is 10.3. The smallest absolute Gasteiger partial charge is 0.0501 e. The molecule has 124 valence electrons. The lowest BCUT2D eigenvalue weighted by atomic mass is 9.98. The van der Waals surface area contributed by atoms with Crippen LogP contribution in [0, 0.1) is 0 Å². The molecule has 3 atom stereocenters. The summed E-state index contributed by atoms with van der Waals surface area (Å²) in [6.45, 7) is 1.55. The molecule has 1 heterocycles. The van der Waals surface area contributed by atoms with Crippen LogP contribution in [0.3, 0.4) is 0 Å². The van der Waals surface area contributed by atoms with E-state index in [1.54, 1.807) is 0 Å². The van der Waals surface area contributed by atoms with Crippen molar-refractivity contribution in [3.63, 3.8) is 0 Å². The van der Waals surface area contributed by atoms with E-state index in [-0.39, 0.29) is 11.3 Å². The fourth-order valence-electron chi connectivity index (χ4n) is 3.63. The van der Waals surface area contributed by atoms with Gasteiger partial charge in [0.1, 0.15) is 0 Å². The normalized spacial score (nSPS) is 32.8. The second kappa shape index (κ2) is 9.96. The Morgan fingerprint density at radius 3 is 1.90 bits per heavy atom. The van der Waals surface area contributed by atoms with E-state index in [1.165, 1.54) is 51.4 Å². The summed E-state index contributed by atoms with van der Waals surface area (Å²) >= 11 is 0. The second-order valence-electron chi connectivity index (χ2n) is 6.75. The van der Waals surface area contributed by atoms with Gasteiger partial charge >= 0.3 is 0 Å². The molecule has 3 unspecified atom stereocenters. The highest BCUT2D eigenvalue weighted by molar-refractivity contribution is 7.86. The number of hydrogen-bond donors (Lipinski definition) is 1. The SMILES string of the molecule is NC1CCCCCCCCCCC1S(=O)C1CCOCC1. The third-order valence-corrected chi connectivity index (χ3v) is 7.36. The molecule has 21 heavy (non-hydrogen) atoms. The van der Waals surface area contributed by atoms with Gasteiger partial charge < -0.3 is 10.5 Å². The minimum atomic E-state index is -0.770. The van der Waals surface area contributed by atoms with Crippen LogP contribution < -0.4 is 5.73 Å². The molecule has 1 saturated carbocycles. The molecule has 0 amide bonds. The van der Waals surface area contributed by atoms with Crippen molar-refractivity contribution in [1.29, 1.82) is 0 Å². The van der Waals surface area contributed by atoms with E-state index in [2.05, 4.69) is 0 Å². The Bertz CT molecular complexity index is 305. The van der Waals surface area contributed by atoms with Crippen molar-refractivity contribution in [2.45, 2.75) is 93.6 Å². The third-order valence-electron chi connectivity index (χ3n) is 5.05. The zero-order valence-corrected chi connectivity index (χ0v) is 14.3. The molecule has 1 saturated heterocycles. The first-order valence-electron chi connectivity index (χ1n) is 9.02. The predicted molar refractivity (Wildman–Crippen MR) is 89.9 cm³/mol. The first-order valence-corrected chi connectivity index (χ1v) is 10.3. The van der Waals surface area contributed by atoms with E-state index in [0.717, 1.165) is 38.9 Å². The average Bonchev–Trinajstić information content (AvgIpc) is 2.51. The maximum Gasteiger partial charge on any atom is 0.0501 e. The van der Waals surface area contributed by atoms with Crippen LogP contribution >= 0.6 is 0 Å². The van der Waals surface area contributed by atoms with E-state index in [9.17, 15) is 4.21 Å². The molecule has 4 heteroatoms. The van der Waals surface area contributed by atoms with Crippen LogP contribution in [0.1, 0.15) is 77.0 Å². The highest BCUT2D eigenvalue weighted by Gasteiger charge is 2.30. The molecule has 0 aromatic rings. The molecular formula is C17H33NO2S. The van der Waals surface area contributed by atoms with Gasteiger partial charge in [-0.05, 0) is 25.7 Å². The van der Waals surface area contributed by atoms with Crippen LogP contribution in [0.4, 0.5) is 0 Å². The van der Waals surface area contributed by atoms with Crippen molar-refractivity contribution in [1.82, 2.24) is 0 Å². The highest BCUT2D eigenvalue weighted by Crippen LogP contribution is 2.24. The summed E-state index contributed by atoms with van der Waals surface area (Å²) in [6.07, 6.45) is 14.5. The van der Waals surface area contributed by atoms with Crippen molar-refractivity contribution in [2.75, 3.05) is 13.2 Å². The molecule has 0 aromatic carbocycles. The Hall–Kier alpha value is 0.0700. The van der Waals surface area contributed by atoms with Gasteiger partial charge in [0, 0.05) is 35.3 Å². The molecule has 2 rings (SSSR count). The van der Waals surface area contributed by atoms with Gasteiger partial charge in [-0.25, -0.2) is 0 Å². The summed E-state index contributed by atoms with van der Waals surface area (Å²) in [5.74, 6) is 0. The summed E-state index contributed by atoms with van der Waals surface area (Å²) in [5.41, 5.74) is 6.44. The predicted octanol–water partition coefficient (Wildman–Crippen LogP) is 3.52. The molecule has 1 aliphatic carbocycles. The monoisotopic (exact) mass is 315 g/mol. The minimum Gasteiger partial charge on any atom is -0.381 e. The van der Waals surface area contributed by atoms with E-state index >= 15 is 0 Å². The van der Waals surface area contributed by atoms with E-state index in [4.69, 9.17) is 10.5 Å². The van der Waals surface area contributed by atoms with E-state index in [1.807, 2.05) is 0 Å². The van der Waals surface area contributed by atoms with Crippen LogP contribution in [0.25, 0.3) is 0 Å². The van der Waals surface area contributed by atoms with Crippen LogP contribution in [0.15, 0.2) is 0 Å². The summed E-state index contributed by atoms with van der Waals surface area (Å²) < 4.78 is 18.4. The Balaban J connectivity index is 1.91. The minimum absolute atomic E-state index is 0.133. The molecule has 1 aliphatic heterocycles. The summed E-state index contributed by atoms with van der Waals surface area (Å²) in [6, 6.07) is 0.133. The van der Waals surface area contributed by atoms with Crippen molar-refractivity contribution < 1.29 is 8.95 Å². The fourth-order valence-corrected chi connectivity index (χ4v) is 5.66. The van der Waals surface area contributed by atoms with E-state index < -0.39 is 10.8 Å². The van der Waals surface area contributed by atoms with Crippen LogP contribution in [0.5, 0.6) is 0 Å². The van der Waals surface area contributed by atoms with Gasteiger partial charge in [0.05, 0.1) is 5.25 Å². The lowest BCUT2D eigenvalue weighted by molar-refractivity contribution is 0.0990. The Kier molecular flexibility index (Phi) is 8.26. The van der Waals surface area contributed by atoms with Crippen LogP contribution in [0.2, 0.25) is 0 Å². The van der Waals surface area contributed by atoms with Gasteiger partial charge in [0.25, 0.3) is 0 Å². The molecule has 3 nitrogen and oxygen atoms in total. The van der Waals surface area contributed by atoms with Gasteiger partial charge in [-0.15, -0.1) is 0 Å². The fraction of sp³-hybridized carbons (Fsp3) is 1.00. The largest absolute Gasteiger partial charge is 0.381 e. The number of rotatable bonds is 2. The molecular weight excluding hydrogens is 282 g/mol. The Morgan fingerprint density at radius 1 is 0.762 bits per heavy atom. The molecule has 0 spiro atoms. The molecule has 2 aliphatic rings. The maximum atomic E-state index is 13.0. The third kappa shape index (κ3) is 5.99. The van der Waals surface area contributed by atoms with Crippen molar-refractivity contribution in [3.05, 3.63) is 0 Å². The molecule has 2 N–H and O–H groups in total. The molecule has 2 fully saturated rings. The Labute approximate surface area is 132 Å². The Morgan fingerprint density at radius 2 is 1.29 bits per heavy atom. The van der Waals surface area contributed by atoms with Crippen molar-refractivity contribution in [2.24, 2.45) is 5.73 Å². The first kappa shape index (κ1) is 17.4. The lowest BCUT2D eigenvalue weighted by Crippen LogP contribution is -2.42. The number of nitrogens with two attached hydrogens (primary N) is 1. The van der Waals surface area contributed by atoms with E-state index in [0.29, 0.717) is 5.25 Å². The van der Waals surface area contributed by atoms with Crippen LogP contribution in [-0.4, -0.2) is 34.0 Å². The average molecular weight is 316 g/mol. The van der Waals surface area contributed by atoms with Crippen molar-refractivity contribution in [3.8, 4) is 0 Å². The molecule has 0 radical (unpaired) electrons. The number of hydrogen-bond acceptors (Lipinski definition) is 3. The van der Waals surface area contributed by atoms with Gasteiger partial charge in [-0.2, -0.15) is 0 Å². The van der Waals surface area contributed by atoms with Gasteiger partial charge in [-0.1, -0.05) is 51.4 Å². The van der Waals surface area contributed by atoms with Gasteiger partial charge in [0.2, 0.25) is 0 Å². The summed E-state index contributed by atoms with van der Waals surface area (Å²) in [5, 5.41) is 0.537. The number of ether oxygens (including phenoxy) is 1. The zero-order valence-electron chi connectivity index (χ0n) is 13.4. The summed E-state index contributed by atoms with van der Waals surface area (Å²) in [4.78, 5) is 0. The van der Waals surface area contributed by atoms with Gasteiger partial charge in [-0.3, -0.25) is 4.21 Å². The standard InChI is InChI=1S/C17H33NO2S/c18-16-9-7-5-3-1-2-4-6-8-10-17(16)21(19)15-11-13-20-14-12-15/h15-17H,1-14,18H2. The van der Waals surface area contributed by atoms with Gasteiger partial charge in [0.15, 0.2) is 0 Å². The second-order valence-corrected chi connectivity index (χ2v) is 8.68. The summed E-state index contributed by atoms with van der Waals surface area (Å²) in [7, 11) is -0.770. The quantitative estimate of drug-likeness (QED) is 0.848. The maximum absolute atomic E-state index is 13.0. The molecule has 0 bridgehead atoms. The highest BCUT2D eigenvalue weighted by atomic mass is 32.2. The topological polar surface area (TPSA) is 52.3 Å². The van der Waals surface area contributed by atoms with Crippen LogP contribution in [-0.2, 0) is 15.5 Å². The lowest BCUT2D eigenvalue weighted by Gasteiger charge is -2.30.